The van der Waals surface area contributed by atoms with Gasteiger partial charge in [-0.1, -0.05) is 42.8 Å². The number of ketones is 1. The number of oxime groups is 1. The summed E-state index contributed by atoms with van der Waals surface area (Å²) in [5.41, 5.74) is 3.98. The molecule has 1 aliphatic carbocycles. The topological polar surface area (TPSA) is 45.1 Å². The molecule has 0 saturated heterocycles. The number of Topliss-reactive ketones (excluding diaryl/α,β-unsaturated/α-hetero) is 1. The van der Waals surface area contributed by atoms with Crippen molar-refractivity contribution in [2.45, 2.75) is 26.7 Å². The maximum absolute atomic E-state index is 13.0. The van der Waals surface area contributed by atoms with Crippen LogP contribution in [0.4, 0.5) is 0 Å². The Bertz CT molecular complexity index is 679. The van der Waals surface area contributed by atoms with Gasteiger partial charge in [0.15, 0.2) is 0 Å². The van der Waals surface area contributed by atoms with Gasteiger partial charge in [-0.2, -0.15) is 0 Å². The van der Waals surface area contributed by atoms with E-state index in [2.05, 4.69) is 21.9 Å². The Kier molecular flexibility index (Phi) is 4.37. The van der Waals surface area contributed by atoms with Crippen LogP contribution in [-0.4, -0.2) is 48.2 Å². The van der Waals surface area contributed by atoms with Crippen LogP contribution >= 0.6 is 0 Å². The Morgan fingerprint density at radius 1 is 1.17 bits per heavy atom. The highest BCUT2D eigenvalue weighted by Gasteiger charge is 2.40. The Morgan fingerprint density at radius 2 is 1.91 bits per heavy atom. The summed E-state index contributed by atoms with van der Waals surface area (Å²) in [6.45, 7) is 6.18. The minimum atomic E-state index is 0.0894. The molecule has 0 fully saturated rings. The molecular weight excluding hydrogens is 290 g/mol. The van der Waals surface area contributed by atoms with Crippen LogP contribution in [0.5, 0.6) is 0 Å². The second-order valence-electron chi connectivity index (χ2n) is 5.89. The molecule has 0 radical (unpaired) electrons. The standard InChI is InChI=1S/C18H23N3O2/c1-4-6-11-21-12-20(3)16-15(19-23-5-2)13-9-7-8-10-14(13)18(22)17(16)21/h7-10H,4-6,11-12H2,1-3H3/b19-15-. The molecule has 1 aliphatic heterocycles. The normalized spacial score (nSPS) is 18.6. The van der Waals surface area contributed by atoms with Crippen molar-refractivity contribution in [3.05, 3.63) is 46.8 Å². The van der Waals surface area contributed by atoms with Crippen LogP contribution in [0.2, 0.25) is 0 Å². The minimum absolute atomic E-state index is 0.0894. The SMILES string of the molecule is CCCCN1CN(C)C2=C1C(=O)c1ccccc1/C2=N/OCC. The van der Waals surface area contributed by atoms with E-state index < -0.39 is 0 Å². The number of likely N-dealkylation sites (N-methyl/N-ethyl adjacent to an activating group) is 1. The summed E-state index contributed by atoms with van der Waals surface area (Å²) in [5.74, 6) is 0.0894. The fourth-order valence-corrected chi connectivity index (χ4v) is 3.17. The van der Waals surface area contributed by atoms with Crippen molar-refractivity contribution in [3.8, 4) is 0 Å². The average Bonchev–Trinajstić information content (AvgIpc) is 2.90. The molecule has 5 nitrogen and oxygen atoms in total. The Hall–Kier alpha value is -2.30. The van der Waals surface area contributed by atoms with Crippen LogP contribution < -0.4 is 0 Å². The molecule has 1 heterocycles. The summed E-state index contributed by atoms with van der Waals surface area (Å²) in [5, 5.41) is 4.32. The highest BCUT2D eigenvalue weighted by atomic mass is 16.6. The highest BCUT2D eigenvalue weighted by Crippen LogP contribution is 2.34. The lowest BCUT2D eigenvalue weighted by atomic mass is 9.89. The van der Waals surface area contributed by atoms with E-state index in [0.717, 1.165) is 48.7 Å². The molecule has 0 atom stereocenters. The van der Waals surface area contributed by atoms with E-state index >= 15 is 0 Å². The maximum atomic E-state index is 13.0. The van der Waals surface area contributed by atoms with E-state index in [1.165, 1.54) is 0 Å². The predicted molar refractivity (Wildman–Crippen MR) is 90.2 cm³/mol. The molecule has 0 N–H and O–H groups in total. The maximum Gasteiger partial charge on any atom is 0.212 e. The van der Waals surface area contributed by atoms with Crippen LogP contribution in [0.25, 0.3) is 0 Å². The lowest BCUT2D eigenvalue weighted by molar-refractivity contribution is 0.0992. The van der Waals surface area contributed by atoms with Crippen LogP contribution in [0.1, 0.15) is 42.6 Å². The molecule has 0 amide bonds. The zero-order valence-corrected chi connectivity index (χ0v) is 14.0. The monoisotopic (exact) mass is 313 g/mol. The number of unbranched alkanes of at least 4 members (excludes halogenated alkanes) is 1. The Morgan fingerprint density at radius 3 is 2.61 bits per heavy atom. The van der Waals surface area contributed by atoms with E-state index in [1.54, 1.807) is 0 Å². The quantitative estimate of drug-likeness (QED) is 0.784. The van der Waals surface area contributed by atoms with E-state index in [0.29, 0.717) is 12.2 Å². The number of fused-ring (bicyclic) bond motifs is 1. The molecule has 2 aliphatic rings. The number of rotatable bonds is 5. The van der Waals surface area contributed by atoms with Crippen LogP contribution in [0.15, 0.2) is 40.8 Å². The molecule has 0 unspecified atom stereocenters. The van der Waals surface area contributed by atoms with Gasteiger partial charge in [0.2, 0.25) is 5.78 Å². The van der Waals surface area contributed by atoms with Crippen molar-refractivity contribution in [1.29, 1.82) is 0 Å². The fourth-order valence-electron chi connectivity index (χ4n) is 3.17. The van der Waals surface area contributed by atoms with Crippen LogP contribution in [-0.2, 0) is 4.84 Å². The molecule has 1 aromatic carbocycles. The first-order valence-electron chi connectivity index (χ1n) is 8.23. The van der Waals surface area contributed by atoms with E-state index in [1.807, 2.05) is 38.2 Å². The summed E-state index contributed by atoms with van der Waals surface area (Å²) in [4.78, 5) is 22.6. The van der Waals surface area contributed by atoms with Gasteiger partial charge in [0.1, 0.15) is 18.0 Å². The van der Waals surface area contributed by atoms with Gasteiger partial charge in [-0.05, 0) is 13.3 Å². The molecule has 1 aromatic rings. The van der Waals surface area contributed by atoms with Gasteiger partial charge in [0.05, 0.1) is 12.4 Å². The van der Waals surface area contributed by atoms with Crippen molar-refractivity contribution >= 4 is 11.5 Å². The largest absolute Gasteiger partial charge is 0.396 e. The third kappa shape index (κ3) is 2.60. The molecule has 0 aromatic heterocycles. The molecular formula is C18H23N3O2. The second-order valence-corrected chi connectivity index (χ2v) is 5.89. The minimum Gasteiger partial charge on any atom is -0.396 e. The summed E-state index contributed by atoms with van der Waals surface area (Å²) < 4.78 is 0. The van der Waals surface area contributed by atoms with E-state index in [4.69, 9.17) is 4.84 Å². The van der Waals surface area contributed by atoms with Crippen molar-refractivity contribution in [2.24, 2.45) is 5.16 Å². The first-order valence-corrected chi connectivity index (χ1v) is 8.23. The van der Waals surface area contributed by atoms with Gasteiger partial charge in [-0.15, -0.1) is 0 Å². The van der Waals surface area contributed by atoms with Crippen molar-refractivity contribution in [1.82, 2.24) is 9.80 Å². The molecule has 5 heteroatoms. The number of carbonyl (C=O) groups is 1. The predicted octanol–water partition coefficient (Wildman–Crippen LogP) is 2.84. The first-order chi connectivity index (χ1) is 11.2. The zero-order valence-electron chi connectivity index (χ0n) is 14.0. The number of nitrogens with zero attached hydrogens (tertiary/aromatic N) is 3. The lowest BCUT2D eigenvalue weighted by Gasteiger charge is -2.23. The van der Waals surface area contributed by atoms with E-state index in [9.17, 15) is 4.79 Å². The van der Waals surface area contributed by atoms with Gasteiger partial charge in [0.25, 0.3) is 0 Å². The molecule has 122 valence electrons. The van der Waals surface area contributed by atoms with Crippen LogP contribution in [0, 0.1) is 0 Å². The fraction of sp³-hybridized carbons (Fsp3) is 0.444. The molecule has 0 spiro atoms. The lowest BCUT2D eigenvalue weighted by Crippen LogP contribution is -2.29. The van der Waals surface area contributed by atoms with Gasteiger partial charge in [-0.25, -0.2) is 0 Å². The van der Waals surface area contributed by atoms with Gasteiger partial charge < -0.3 is 14.6 Å². The second kappa shape index (κ2) is 6.44. The number of allylic oxidation sites excluding steroid dienone is 2. The summed E-state index contributed by atoms with van der Waals surface area (Å²) in [6.07, 6.45) is 2.17. The molecule has 0 saturated carbocycles. The summed E-state index contributed by atoms with van der Waals surface area (Å²) >= 11 is 0. The van der Waals surface area contributed by atoms with Crippen molar-refractivity contribution < 1.29 is 9.63 Å². The van der Waals surface area contributed by atoms with Gasteiger partial charge >= 0.3 is 0 Å². The third-order valence-corrected chi connectivity index (χ3v) is 4.24. The molecule has 3 rings (SSSR count). The number of hydrogen-bond donors (Lipinski definition) is 0. The average molecular weight is 313 g/mol. The van der Waals surface area contributed by atoms with Crippen molar-refractivity contribution in [3.63, 3.8) is 0 Å². The number of benzene rings is 1. The van der Waals surface area contributed by atoms with E-state index in [-0.39, 0.29) is 5.78 Å². The summed E-state index contributed by atoms with van der Waals surface area (Å²) in [6, 6.07) is 7.65. The van der Waals surface area contributed by atoms with Crippen molar-refractivity contribution in [2.75, 3.05) is 26.9 Å². The molecule has 23 heavy (non-hydrogen) atoms. The first kappa shape index (κ1) is 15.6. The van der Waals surface area contributed by atoms with Gasteiger partial charge in [0, 0.05) is 24.7 Å². The number of carbonyl (C=O) groups excluding carboxylic acids is 1. The smallest absolute Gasteiger partial charge is 0.212 e. The zero-order chi connectivity index (χ0) is 16.4. The third-order valence-electron chi connectivity index (χ3n) is 4.24. The molecule has 0 bridgehead atoms. The highest BCUT2D eigenvalue weighted by molar-refractivity contribution is 6.28. The Balaban J connectivity index is 2.11. The van der Waals surface area contributed by atoms with Crippen LogP contribution in [0.3, 0.4) is 0 Å². The Labute approximate surface area is 137 Å². The number of hydrogen-bond acceptors (Lipinski definition) is 5. The summed E-state index contributed by atoms with van der Waals surface area (Å²) in [7, 11) is 2.00. The van der Waals surface area contributed by atoms with Gasteiger partial charge in [-0.3, -0.25) is 4.79 Å².